The first-order valence-corrected chi connectivity index (χ1v) is 5.10. The molecule has 1 heterocycles. The van der Waals surface area contributed by atoms with E-state index in [-0.39, 0.29) is 18.7 Å². The van der Waals surface area contributed by atoms with Crippen LogP contribution in [0.25, 0.3) is 10.9 Å². The van der Waals surface area contributed by atoms with E-state index in [0.29, 0.717) is 22.8 Å². The van der Waals surface area contributed by atoms with Gasteiger partial charge in [-0.05, 0) is 6.07 Å². The van der Waals surface area contributed by atoms with Gasteiger partial charge in [0.15, 0.2) is 6.29 Å². The molecule has 2 aromatic rings. The number of carbonyl (C=O) groups is 2. The zero-order chi connectivity index (χ0) is 12.4. The monoisotopic (exact) mass is 233 g/mol. The van der Waals surface area contributed by atoms with Crippen molar-refractivity contribution in [3.8, 4) is 0 Å². The number of aromatic carboxylic acids is 1. The molecule has 0 unspecified atom stereocenters. The average molecular weight is 233 g/mol. The van der Waals surface area contributed by atoms with E-state index >= 15 is 0 Å². The molecule has 0 aliphatic rings. The van der Waals surface area contributed by atoms with E-state index in [1.54, 1.807) is 22.9 Å². The summed E-state index contributed by atoms with van der Waals surface area (Å²) in [5.41, 5.74) is 1.02. The van der Waals surface area contributed by atoms with Crippen LogP contribution in [0.5, 0.6) is 0 Å². The van der Waals surface area contributed by atoms with Gasteiger partial charge in [-0.25, -0.2) is 4.79 Å². The number of carboxylic acid groups (broad SMARTS) is 1. The molecule has 88 valence electrons. The van der Waals surface area contributed by atoms with Crippen LogP contribution in [0, 0.1) is 0 Å². The van der Waals surface area contributed by atoms with Crippen molar-refractivity contribution in [2.75, 3.05) is 6.61 Å². The Morgan fingerprint density at radius 2 is 2.18 bits per heavy atom. The van der Waals surface area contributed by atoms with Gasteiger partial charge in [-0.1, -0.05) is 12.1 Å². The zero-order valence-corrected chi connectivity index (χ0v) is 8.96. The molecule has 0 amide bonds. The molecule has 5 nitrogen and oxygen atoms in total. The highest BCUT2D eigenvalue weighted by Gasteiger charge is 2.15. The van der Waals surface area contributed by atoms with Gasteiger partial charge in [0.25, 0.3) is 0 Å². The lowest BCUT2D eigenvalue weighted by Gasteiger charge is -2.05. The van der Waals surface area contributed by atoms with Crippen molar-refractivity contribution < 1.29 is 19.8 Å². The van der Waals surface area contributed by atoms with Crippen LogP contribution >= 0.6 is 0 Å². The van der Waals surface area contributed by atoms with Crippen LogP contribution in [0.4, 0.5) is 0 Å². The third-order valence-corrected chi connectivity index (χ3v) is 2.63. The minimum Gasteiger partial charge on any atom is -0.478 e. The number of carboxylic acids is 1. The molecule has 5 heteroatoms. The van der Waals surface area contributed by atoms with Crippen LogP contribution in [0.15, 0.2) is 24.4 Å². The lowest BCUT2D eigenvalue weighted by Crippen LogP contribution is -2.05. The molecule has 2 rings (SSSR count). The number of aromatic nitrogens is 1. The number of fused-ring (bicyclic) bond motifs is 1. The van der Waals surface area contributed by atoms with Crippen molar-refractivity contribution >= 4 is 23.2 Å². The predicted octanol–water partition coefficient (Wildman–Crippen LogP) is 1.14. The summed E-state index contributed by atoms with van der Waals surface area (Å²) in [6.45, 7) is 0.144. The molecule has 1 aromatic carbocycles. The Labute approximate surface area is 96.9 Å². The second kappa shape index (κ2) is 4.39. The van der Waals surface area contributed by atoms with Gasteiger partial charge in [0.1, 0.15) is 0 Å². The first-order chi connectivity index (χ1) is 8.19. The zero-order valence-electron chi connectivity index (χ0n) is 8.96. The number of nitrogens with zero attached hydrogens (tertiary/aromatic N) is 1. The predicted molar refractivity (Wildman–Crippen MR) is 61.4 cm³/mol. The van der Waals surface area contributed by atoms with E-state index in [1.165, 1.54) is 6.07 Å². The number of hydrogen-bond donors (Lipinski definition) is 2. The number of aliphatic hydroxyl groups excluding tert-OH is 1. The number of aliphatic hydroxyl groups is 1. The number of rotatable bonds is 4. The van der Waals surface area contributed by atoms with E-state index in [1.807, 2.05) is 0 Å². The van der Waals surface area contributed by atoms with Gasteiger partial charge in [0.2, 0.25) is 0 Å². The molecule has 0 atom stereocenters. The Morgan fingerprint density at radius 1 is 1.41 bits per heavy atom. The summed E-state index contributed by atoms with van der Waals surface area (Å²) in [5, 5.41) is 18.6. The van der Waals surface area contributed by atoms with Crippen LogP contribution in [0.2, 0.25) is 0 Å². The largest absolute Gasteiger partial charge is 0.478 e. The molecule has 1 aromatic heterocycles. The molecule has 0 radical (unpaired) electrons. The van der Waals surface area contributed by atoms with Crippen LogP contribution in [0.1, 0.15) is 20.7 Å². The number of benzene rings is 1. The smallest absolute Gasteiger partial charge is 0.337 e. The maximum atomic E-state index is 11.1. The maximum Gasteiger partial charge on any atom is 0.337 e. The third kappa shape index (κ3) is 1.81. The first-order valence-electron chi connectivity index (χ1n) is 5.10. The first kappa shape index (κ1) is 11.3. The molecule has 17 heavy (non-hydrogen) atoms. The molecule has 2 N–H and O–H groups in total. The minimum atomic E-state index is -1.05. The summed E-state index contributed by atoms with van der Waals surface area (Å²) in [7, 11) is 0. The highest BCUT2D eigenvalue weighted by atomic mass is 16.4. The van der Waals surface area contributed by atoms with E-state index < -0.39 is 5.97 Å². The van der Waals surface area contributed by atoms with Gasteiger partial charge >= 0.3 is 5.97 Å². The van der Waals surface area contributed by atoms with Crippen molar-refractivity contribution in [2.24, 2.45) is 0 Å². The van der Waals surface area contributed by atoms with E-state index in [4.69, 9.17) is 10.2 Å². The minimum absolute atomic E-state index is 0.115. The van der Waals surface area contributed by atoms with Gasteiger partial charge in [0, 0.05) is 23.7 Å². The van der Waals surface area contributed by atoms with Crippen molar-refractivity contribution in [1.82, 2.24) is 4.57 Å². The fourth-order valence-corrected chi connectivity index (χ4v) is 1.94. The molecular weight excluding hydrogens is 222 g/mol. The van der Waals surface area contributed by atoms with Gasteiger partial charge in [-0.3, -0.25) is 4.79 Å². The second-order valence-corrected chi connectivity index (χ2v) is 3.63. The second-order valence-electron chi connectivity index (χ2n) is 3.63. The number of hydrogen-bond acceptors (Lipinski definition) is 3. The molecule has 0 aliphatic heterocycles. The summed E-state index contributed by atoms with van der Waals surface area (Å²) in [5.74, 6) is -1.05. The summed E-state index contributed by atoms with van der Waals surface area (Å²) in [6.07, 6.45) is 2.24. The van der Waals surface area contributed by atoms with E-state index in [0.717, 1.165) is 0 Å². The molecule has 0 saturated heterocycles. The van der Waals surface area contributed by atoms with Crippen molar-refractivity contribution in [2.45, 2.75) is 6.54 Å². The Morgan fingerprint density at radius 3 is 2.76 bits per heavy atom. The highest BCUT2D eigenvalue weighted by molar-refractivity contribution is 6.07. The molecular formula is C12H11NO4. The van der Waals surface area contributed by atoms with Crippen molar-refractivity contribution in [3.05, 3.63) is 35.5 Å². The van der Waals surface area contributed by atoms with Crippen LogP contribution in [-0.2, 0) is 6.54 Å². The van der Waals surface area contributed by atoms with Crippen LogP contribution < -0.4 is 0 Å². The maximum absolute atomic E-state index is 11.1. The SMILES string of the molecule is O=Cc1cn(CCO)c2c(C(=O)O)cccc12. The number of aldehydes is 1. The van der Waals surface area contributed by atoms with Gasteiger partial charge in [-0.2, -0.15) is 0 Å². The van der Waals surface area contributed by atoms with E-state index in [2.05, 4.69) is 0 Å². The Hall–Kier alpha value is -2.14. The van der Waals surface area contributed by atoms with E-state index in [9.17, 15) is 9.59 Å². The molecule has 0 bridgehead atoms. The third-order valence-electron chi connectivity index (χ3n) is 2.63. The Kier molecular flexibility index (Phi) is 2.93. The fraction of sp³-hybridized carbons (Fsp3) is 0.167. The Balaban J connectivity index is 2.80. The molecule has 0 spiro atoms. The summed E-state index contributed by atoms with van der Waals surface area (Å²) >= 11 is 0. The number of para-hydroxylation sites is 1. The average Bonchev–Trinajstić information content (AvgIpc) is 2.68. The summed E-state index contributed by atoms with van der Waals surface area (Å²) in [6, 6.07) is 4.77. The highest BCUT2D eigenvalue weighted by Crippen LogP contribution is 2.24. The van der Waals surface area contributed by atoms with Crippen molar-refractivity contribution in [1.29, 1.82) is 0 Å². The lowest BCUT2D eigenvalue weighted by molar-refractivity contribution is 0.0698. The molecule has 0 fully saturated rings. The molecule has 0 saturated carbocycles. The standard InChI is InChI=1S/C12H11NO4/c14-5-4-13-6-8(7-15)9-2-1-3-10(11(9)13)12(16)17/h1-3,6-7,14H,4-5H2,(H,16,17). The normalized spacial score (nSPS) is 10.6. The fourth-order valence-electron chi connectivity index (χ4n) is 1.94. The quantitative estimate of drug-likeness (QED) is 0.776. The Bertz CT molecular complexity index is 585. The van der Waals surface area contributed by atoms with Crippen LogP contribution in [-0.4, -0.2) is 33.6 Å². The van der Waals surface area contributed by atoms with Crippen molar-refractivity contribution in [3.63, 3.8) is 0 Å². The topological polar surface area (TPSA) is 79.5 Å². The summed E-state index contributed by atoms with van der Waals surface area (Å²) < 4.78 is 1.59. The molecule has 0 aliphatic carbocycles. The van der Waals surface area contributed by atoms with Gasteiger partial charge < -0.3 is 14.8 Å². The number of carbonyl (C=O) groups excluding carboxylic acids is 1. The van der Waals surface area contributed by atoms with Gasteiger partial charge in [-0.15, -0.1) is 0 Å². The van der Waals surface area contributed by atoms with Crippen LogP contribution in [0.3, 0.4) is 0 Å². The summed E-state index contributed by atoms with van der Waals surface area (Å²) in [4.78, 5) is 22.0. The van der Waals surface area contributed by atoms with Gasteiger partial charge in [0.05, 0.1) is 17.7 Å². The lowest BCUT2D eigenvalue weighted by atomic mass is 10.1.